The standard InChI is InChI=1S/C16H31N3.ClH/c1-16(7-8-17-13-16)14-18-9-3-2-6-15(12-18)19-10-4-5-11-19;/h15,17H,2-14H2,1H3;1H. The average molecular weight is 302 g/mol. The largest absolute Gasteiger partial charge is 0.316 e. The van der Waals surface area contributed by atoms with Crippen molar-refractivity contribution in [3.8, 4) is 0 Å². The second kappa shape index (κ2) is 7.44. The molecule has 0 spiro atoms. The summed E-state index contributed by atoms with van der Waals surface area (Å²) in [5.74, 6) is 0. The lowest BCUT2D eigenvalue weighted by Crippen LogP contribution is -2.45. The summed E-state index contributed by atoms with van der Waals surface area (Å²) in [5.41, 5.74) is 0.528. The third-order valence-electron chi connectivity index (χ3n) is 5.45. The Morgan fingerprint density at radius 3 is 2.55 bits per heavy atom. The van der Waals surface area contributed by atoms with Crippen LogP contribution in [0.1, 0.15) is 45.4 Å². The summed E-state index contributed by atoms with van der Waals surface area (Å²) < 4.78 is 0. The third-order valence-corrected chi connectivity index (χ3v) is 5.45. The zero-order valence-corrected chi connectivity index (χ0v) is 13.9. The molecular weight excluding hydrogens is 270 g/mol. The van der Waals surface area contributed by atoms with Gasteiger partial charge in [-0.2, -0.15) is 0 Å². The van der Waals surface area contributed by atoms with Gasteiger partial charge in [0, 0.05) is 25.7 Å². The minimum atomic E-state index is 0. The number of hydrogen-bond donors (Lipinski definition) is 1. The van der Waals surface area contributed by atoms with E-state index in [0.717, 1.165) is 6.04 Å². The molecule has 3 nitrogen and oxygen atoms in total. The van der Waals surface area contributed by atoms with E-state index in [4.69, 9.17) is 0 Å². The van der Waals surface area contributed by atoms with Crippen molar-refractivity contribution in [2.24, 2.45) is 5.41 Å². The van der Waals surface area contributed by atoms with Gasteiger partial charge >= 0.3 is 0 Å². The van der Waals surface area contributed by atoms with Crippen molar-refractivity contribution in [2.45, 2.75) is 51.5 Å². The lowest BCUT2D eigenvalue weighted by atomic mass is 9.89. The van der Waals surface area contributed by atoms with Gasteiger partial charge in [-0.05, 0) is 63.7 Å². The van der Waals surface area contributed by atoms with Gasteiger partial charge in [0.2, 0.25) is 0 Å². The van der Waals surface area contributed by atoms with Crippen LogP contribution in [0.2, 0.25) is 0 Å². The summed E-state index contributed by atoms with van der Waals surface area (Å²) in [6, 6.07) is 0.850. The first kappa shape index (κ1) is 16.5. The summed E-state index contributed by atoms with van der Waals surface area (Å²) in [6.07, 6.45) is 8.50. The maximum absolute atomic E-state index is 3.55. The van der Waals surface area contributed by atoms with E-state index in [2.05, 4.69) is 22.0 Å². The maximum Gasteiger partial charge on any atom is 0.0223 e. The van der Waals surface area contributed by atoms with E-state index in [-0.39, 0.29) is 12.4 Å². The summed E-state index contributed by atoms with van der Waals surface area (Å²) >= 11 is 0. The molecule has 3 aliphatic heterocycles. The van der Waals surface area contributed by atoms with E-state index in [1.807, 2.05) is 0 Å². The Morgan fingerprint density at radius 1 is 1.10 bits per heavy atom. The molecule has 0 bridgehead atoms. The average Bonchev–Trinajstić information content (AvgIpc) is 3.00. The van der Waals surface area contributed by atoms with E-state index in [0.29, 0.717) is 5.41 Å². The predicted molar refractivity (Wildman–Crippen MR) is 87.7 cm³/mol. The van der Waals surface area contributed by atoms with Crippen molar-refractivity contribution in [1.82, 2.24) is 15.1 Å². The number of nitrogens with zero attached hydrogens (tertiary/aromatic N) is 2. The van der Waals surface area contributed by atoms with Crippen LogP contribution in [0.3, 0.4) is 0 Å². The van der Waals surface area contributed by atoms with Gasteiger partial charge in [-0.1, -0.05) is 13.3 Å². The molecule has 3 fully saturated rings. The molecule has 0 aromatic carbocycles. The van der Waals surface area contributed by atoms with Crippen molar-refractivity contribution >= 4 is 12.4 Å². The molecule has 118 valence electrons. The molecule has 4 heteroatoms. The number of likely N-dealkylation sites (tertiary alicyclic amines) is 2. The minimum absolute atomic E-state index is 0. The second-order valence-corrected chi connectivity index (χ2v) is 7.37. The number of halogens is 1. The minimum Gasteiger partial charge on any atom is -0.316 e. The van der Waals surface area contributed by atoms with Crippen molar-refractivity contribution in [3.05, 3.63) is 0 Å². The monoisotopic (exact) mass is 301 g/mol. The van der Waals surface area contributed by atoms with Gasteiger partial charge in [0.25, 0.3) is 0 Å². The molecule has 0 aromatic rings. The molecule has 0 aliphatic carbocycles. The number of nitrogens with one attached hydrogen (secondary N) is 1. The van der Waals surface area contributed by atoms with Crippen LogP contribution in [-0.2, 0) is 0 Å². The highest BCUT2D eigenvalue weighted by molar-refractivity contribution is 5.85. The fourth-order valence-electron chi connectivity index (χ4n) is 4.29. The van der Waals surface area contributed by atoms with E-state index in [9.17, 15) is 0 Å². The first-order chi connectivity index (χ1) is 9.25. The van der Waals surface area contributed by atoms with E-state index in [1.165, 1.54) is 84.3 Å². The Hall–Kier alpha value is 0.170. The first-order valence-corrected chi connectivity index (χ1v) is 8.42. The van der Waals surface area contributed by atoms with E-state index < -0.39 is 0 Å². The normalized spacial score (nSPS) is 36.8. The molecule has 0 radical (unpaired) electrons. The van der Waals surface area contributed by atoms with Crippen LogP contribution in [0, 0.1) is 5.41 Å². The Labute approximate surface area is 130 Å². The fourth-order valence-corrected chi connectivity index (χ4v) is 4.29. The van der Waals surface area contributed by atoms with Gasteiger partial charge in [0.1, 0.15) is 0 Å². The smallest absolute Gasteiger partial charge is 0.0223 e. The lowest BCUT2D eigenvalue weighted by molar-refractivity contribution is 0.133. The van der Waals surface area contributed by atoms with Crippen LogP contribution in [0.5, 0.6) is 0 Å². The van der Waals surface area contributed by atoms with Crippen LogP contribution < -0.4 is 5.32 Å². The van der Waals surface area contributed by atoms with Crippen LogP contribution in [0.15, 0.2) is 0 Å². The molecule has 2 unspecified atom stereocenters. The first-order valence-electron chi connectivity index (χ1n) is 8.42. The number of rotatable bonds is 3. The molecule has 2 atom stereocenters. The molecular formula is C16H32ClN3. The molecule has 1 N–H and O–H groups in total. The van der Waals surface area contributed by atoms with Gasteiger partial charge in [-0.3, -0.25) is 4.90 Å². The van der Waals surface area contributed by atoms with Gasteiger partial charge in [0.15, 0.2) is 0 Å². The van der Waals surface area contributed by atoms with Crippen molar-refractivity contribution < 1.29 is 0 Å². The molecule has 0 saturated carbocycles. The molecule has 0 aromatic heterocycles. The summed E-state index contributed by atoms with van der Waals surface area (Å²) in [7, 11) is 0. The van der Waals surface area contributed by atoms with Crippen molar-refractivity contribution in [1.29, 1.82) is 0 Å². The van der Waals surface area contributed by atoms with Gasteiger partial charge < -0.3 is 10.2 Å². The van der Waals surface area contributed by atoms with Crippen LogP contribution >= 0.6 is 12.4 Å². The lowest BCUT2D eigenvalue weighted by Gasteiger charge is -2.35. The zero-order chi connectivity index (χ0) is 13.1. The van der Waals surface area contributed by atoms with Crippen molar-refractivity contribution in [2.75, 3.05) is 45.8 Å². The maximum atomic E-state index is 3.55. The van der Waals surface area contributed by atoms with Crippen LogP contribution in [-0.4, -0.2) is 61.7 Å². The second-order valence-electron chi connectivity index (χ2n) is 7.37. The molecule has 3 saturated heterocycles. The third kappa shape index (κ3) is 4.09. The molecule has 3 heterocycles. The van der Waals surface area contributed by atoms with Crippen LogP contribution in [0.4, 0.5) is 0 Å². The van der Waals surface area contributed by atoms with Crippen LogP contribution in [0.25, 0.3) is 0 Å². The number of hydrogen-bond acceptors (Lipinski definition) is 3. The predicted octanol–water partition coefficient (Wildman–Crippen LogP) is 2.36. The highest BCUT2D eigenvalue weighted by Crippen LogP contribution is 2.28. The van der Waals surface area contributed by atoms with E-state index >= 15 is 0 Å². The van der Waals surface area contributed by atoms with E-state index in [1.54, 1.807) is 0 Å². The fraction of sp³-hybridized carbons (Fsp3) is 1.00. The summed E-state index contributed by atoms with van der Waals surface area (Å²) in [4.78, 5) is 5.55. The van der Waals surface area contributed by atoms with Gasteiger partial charge in [-0.15, -0.1) is 12.4 Å². The highest BCUT2D eigenvalue weighted by atomic mass is 35.5. The van der Waals surface area contributed by atoms with Gasteiger partial charge in [0.05, 0.1) is 0 Å². The summed E-state index contributed by atoms with van der Waals surface area (Å²) in [6.45, 7) is 11.6. The van der Waals surface area contributed by atoms with Crippen molar-refractivity contribution in [3.63, 3.8) is 0 Å². The molecule has 3 rings (SSSR count). The Balaban J connectivity index is 0.00000147. The topological polar surface area (TPSA) is 18.5 Å². The highest BCUT2D eigenvalue weighted by Gasteiger charge is 2.33. The zero-order valence-electron chi connectivity index (χ0n) is 13.1. The quantitative estimate of drug-likeness (QED) is 0.863. The molecule has 3 aliphatic rings. The Morgan fingerprint density at radius 2 is 1.85 bits per heavy atom. The molecule has 0 amide bonds. The SMILES string of the molecule is CC1(CN2CCCCC(N3CCCC3)C2)CCNC1.Cl. The Kier molecular flexibility index (Phi) is 6.15. The van der Waals surface area contributed by atoms with Gasteiger partial charge in [-0.25, -0.2) is 0 Å². The Bertz CT molecular complexity index is 285. The molecule has 20 heavy (non-hydrogen) atoms. The summed E-state index contributed by atoms with van der Waals surface area (Å²) in [5, 5.41) is 3.55.